The van der Waals surface area contributed by atoms with Crippen molar-refractivity contribution in [1.82, 2.24) is 4.57 Å². The zero-order valence-electron chi connectivity index (χ0n) is 18.7. The van der Waals surface area contributed by atoms with Crippen LogP contribution in [0.15, 0.2) is 67.4 Å². The molecule has 0 fully saturated rings. The first-order chi connectivity index (χ1) is 13.8. The van der Waals surface area contributed by atoms with Crippen LogP contribution >= 0.6 is 7.92 Å². The lowest BCUT2D eigenvalue weighted by molar-refractivity contribution is 1.01. The first-order valence-corrected chi connectivity index (χ1v) is 12.3. The predicted molar refractivity (Wildman–Crippen MR) is 134 cm³/mol. The summed E-state index contributed by atoms with van der Waals surface area (Å²) in [5.74, 6) is 0. The van der Waals surface area contributed by atoms with Gasteiger partial charge in [0.05, 0.1) is 11.2 Å². The van der Waals surface area contributed by atoms with Gasteiger partial charge in [0.2, 0.25) is 0 Å². The number of rotatable bonds is 7. The molecular formula is C27H34NP. The number of nitrogens with zero attached hydrogens (tertiary/aromatic N) is 1. The Bertz CT molecular complexity index is 1030. The van der Waals surface area contributed by atoms with E-state index in [1.165, 1.54) is 39.5 Å². The van der Waals surface area contributed by atoms with Crippen molar-refractivity contribution < 1.29 is 0 Å². The molecule has 1 aromatic heterocycles. The summed E-state index contributed by atoms with van der Waals surface area (Å²) in [5.41, 5.74) is 8.96. The van der Waals surface area contributed by atoms with Crippen molar-refractivity contribution in [2.24, 2.45) is 0 Å². The second-order valence-electron chi connectivity index (χ2n) is 8.50. The van der Waals surface area contributed by atoms with Gasteiger partial charge in [0.15, 0.2) is 0 Å². The van der Waals surface area contributed by atoms with E-state index in [2.05, 4.69) is 113 Å². The molecule has 0 radical (unpaired) electrons. The quantitative estimate of drug-likeness (QED) is 0.349. The van der Waals surface area contributed by atoms with E-state index in [1.54, 1.807) is 0 Å². The second-order valence-corrected chi connectivity index (χ2v) is 12.0. The average Bonchev–Trinajstić information content (AvgIpc) is 3.10. The standard InChI is InChI=1S/C27H34NP/c1-19(2)24-12-10-13-25(22(7)16-18-29(20(3)4)21(5)6)27(24)28-17-15-23-11-8-9-14-26(23)28/h8-17,20-21H,1,18H2,2-7H3/b22-16-. The summed E-state index contributed by atoms with van der Waals surface area (Å²) < 4.78 is 2.33. The minimum absolute atomic E-state index is 0.00530. The fourth-order valence-electron chi connectivity index (χ4n) is 4.11. The molecule has 0 atom stereocenters. The summed E-state index contributed by atoms with van der Waals surface area (Å²) in [5, 5.41) is 1.26. The zero-order chi connectivity index (χ0) is 21.1. The summed E-state index contributed by atoms with van der Waals surface area (Å²) >= 11 is 0. The molecule has 0 spiro atoms. The summed E-state index contributed by atoms with van der Waals surface area (Å²) in [7, 11) is -0.00530. The van der Waals surface area contributed by atoms with Crippen LogP contribution in [-0.2, 0) is 0 Å². The molecule has 29 heavy (non-hydrogen) atoms. The van der Waals surface area contributed by atoms with Crippen molar-refractivity contribution in [3.63, 3.8) is 0 Å². The summed E-state index contributed by atoms with van der Waals surface area (Å²) in [6, 6.07) is 17.4. The highest BCUT2D eigenvalue weighted by molar-refractivity contribution is 7.59. The van der Waals surface area contributed by atoms with Gasteiger partial charge in [0, 0.05) is 17.3 Å². The highest BCUT2D eigenvalue weighted by atomic mass is 31.1. The lowest BCUT2D eigenvalue weighted by atomic mass is 9.97. The molecule has 0 saturated carbocycles. The Morgan fingerprint density at radius 2 is 1.59 bits per heavy atom. The predicted octanol–water partition coefficient (Wildman–Crippen LogP) is 8.37. The van der Waals surface area contributed by atoms with Crippen molar-refractivity contribution in [3.05, 3.63) is 78.5 Å². The van der Waals surface area contributed by atoms with Crippen LogP contribution in [-0.4, -0.2) is 22.0 Å². The van der Waals surface area contributed by atoms with Crippen molar-refractivity contribution in [2.75, 3.05) is 6.16 Å². The SMILES string of the molecule is C=C(C)c1cccc(/C(C)=C\CP(C(C)C)C(C)C)c1-n1ccc2ccccc21. The van der Waals surface area contributed by atoms with Crippen molar-refractivity contribution in [2.45, 2.75) is 52.9 Å². The number of hydrogen-bond donors (Lipinski definition) is 0. The Morgan fingerprint density at radius 1 is 0.931 bits per heavy atom. The topological polar surface area (TPSA) is 4.93 Å². The fourth-order valence-corrected chi connectivity index (χ4v) is 6.63. The van der Waals surface area contributed by atoms with Gasteiger partial charge in [-0.2, -0.15) is 0 Å². The molecule has 3 aromatic rings. The normalized spacial score (nSPS) is 12.5. The Kier molecular flexibility index (Phi) is 6.81. The molecule has 0 N–H and O–H groups in total. The van der Waals surface area contributed by atoms with E-state index in [0.29, 0.717) is 0 Å². The minimum atomic E-state index is -0.00530. The van der Waals surface area contributed by atoms with Crippen molar-refractivity contribution in [3.8, 4) is 5.69 Å². The monoisotopic (exact) mass is 403 g/mol. The molecule has 0 saturated heterocycles. The van der Waals surface area contributed by atoms with Gasteiger partial charge in [0.25, 0.3) is 0 Å². The smallest absolute Gasteiger partial charge is 0.0605 e. The highest BCUT2D eigenvalue weighted by Crippen LogP contribution is 2.46. The minimum Gasteiger partial charge on any atom is -0.315 e. The van der Waals surface area contributed by atoms with E-state index in [0.717, 1.165) is 16.9 Å². The Labute approximate surface area is 177 Å². The van der Waals surface area contributed by atoms with Gasteiger partial charge in [-0.05, 0) is 60.0 Å². The van der Waals surface area contributed by atoms with Gasteiger partial charge in [0.1, 0.15) is 0 Å². The van der Waals surface area contributed by atoms with Gasteiger partial charge in [-0.25, -0.2) is 0 Å². The third-order valence-electron chi connectivity index (χ3n) is 5.70. The maximum Gasteiger partial charge on any atom is 0.0605 e. The van der Waals surface area contributed by atoms with Crippen LogP contribution in [0.1, 0.15) is 52.7 Å². The molecule has 2 heteroatoms. The fraction of sp³-hybridized carbons (Fsp3) is 0.333. The third-order valence-corrected chi connectivity index (χ3v) is 8.95. The van der Waals surface area contributed by atoms with Gasteiger partial charge in [-0.1, -0.05) is 84.7 Å². The highest BCUT2D eigenvalue weighted by Gasteiger charge is 2.17. The Morgan fingerprint density at radius 3 is 2.24 bits per heavy atom. The van der Waals surface area contributed by atoms with E-state index in [1.807, 2.05) is 0 Å². The number of fused-ring (bicyclic) bond motifs is 1. The molecule has 3 rings (SSSR count). The number of para-hydroxylation sites is 2. The van der Waals surface area contributed by atoms with E-state index < -0.39 is 0 Å². The largest absolute Gasteiger partial charge is 0.315 e. The zero-order valence-corrected chi connectivity index (χ0v) is 19.6. The maximum atomic E-state index is 4.27. The molecule has 1 heterocycles. The first kappa shape index (κ1) is 21.6. The lowest BCUT2D eigenvalue weighted by Crippen LogP contribution is -2.06. The molecule has 2 aromatic carbocycles. The van der Waals surface area contributed by atoms with Crippen LogP contribution in [0.25, 0.3) is 27.7 Å². The van der Waals surface area contributed by atoms with Crippen LogP contribution in [0.2, 0.25) is 0 Å². The summed E-state index contributed by atoms with van der Waals surface area (Å²) in [6.07, 6.45) is 5.84. The summed E-state index contributed by atoms with van der Waals surface area (Å²) in [4.78, 5) is 0. The third kappa shape index (κ3) is 4.57. The van der Waals surface area contributed by atoms with Gasteiger partial charge in [-0.15, -0.1) is 0 Å². The number of hydrogen-bond acceptors (Lipinski definition) is 0. The van der Waals surface area contributed by atoms with Crippen LogP contribution in [0.3, 0.4) is 0 Å². The molecule has 152 valence electrons. The second kappa shape index (κ2) is 9.14. The first-order valence-electron chi connectivity index (χ1n) is 10.6. The van der Waals surface area contributed by atoms with Gasteiger partial charge >= 0.3 is 0 Å². The van der Waals surface area contributed by atoms with Crippen LogP contribution < -0.4 is 0 Å². The van der Waals surface area contributed by atoms with Crippen LogP contribution in [0, 0.1) is 0 Å². The molecule has 0 bridgehead atoms. The van der Waals surface area contributed by atoms with Crippen molar-refractivity contribution >= 4 is 30.0 Å². The number of benzene rings is 2. The molecule has 0 amide bonds. The lowest BCUT2D eigenvalue weighted by Gasteiger charge is -2.25. The Balaban J connectivity index is 2.14. The average molecular weight is 404 g/mol. The van der Waals surface area contributed by atoms with E-state index in [-0.39, 0.29) is 7.92 Å². The van der Waals surface area contributed by atoms with E-state index >= 15 is 0 Å². The molecular weight excluding hydrogens is 369 g/mol. The van der Waals surface area contributed by atoms with Gasteiger partial charge in [-0.3, -0.25) is 0 Å². The summed E-state index contributed by atoms with van der Waals surface area (Å²) in [6.45, 7) is 18.1. The molecule has 0 aliphatic heterocycles. The van der Waals surface area contributed by atoms with E-state index in [9.17, 15) is 0 Å². The molecule has 0 aliphatic rings. The molecule has 0 unspecified atom stereocenters. The Hall–Kier alpha value is -2.11. The van der Waals surface area contributed by atoms with E-state index in [4.69, 9.17) is 0 Å². The molecule has 0 aliphatic carbocycles. The van der Waals surface area contributed by atoms with Gasteiger partial charge < -0.3 is 4.57 Å². The number of aromatic nitrogens is 1. The van der Waals surface area contributed by atoms with Crippen molar-refractivity contribution in [1.29, 1.82) is 0 Å². The molecule has 1 nitrogen and oxygen atoms in total. The number of allylic oxidation sites excluding steroid dienone is 3. The van der Waals surface area contributed by atoms with Crippen LogP contribution in [0.4, 0.5) is 0 Å². The maximum absolute atomic E-state index is 4.27. The van der Waals surface area contributed by atoms with Crippen LogP contribution in [0.5, 0.6) is 0 Å².